The molecule has 0 spiro atoms. The molecule has 0 atom stereocenters. The Morgan fingerprint density at radius 2 is 1.91 bits per heavy atom. The summed E-state index contributed by atoms with van der Waals surface area (Å²) in [4.78, 5) is 24.0. The first kappa shape index (κ1) is 14.9. The first-order chi connectivity index (χ1) is 11.1. The quantitative estimate of drug-likeness (QED) is 0.880. The fourth-order valence-electron chi connectivity index (χ4n) is 2.55. The molecule has 2 aromatic rings. The lowest BCUT2D eigenvalue weighted by Crippen LogP contribution is -2.22. The Kier molecular flexibility index (Phi) is 3.89. The van der Waals surface area contributed by atoms with Crippen molar-refractivity contribution in [3.63, 3.8) is 0 Å². The minimum Gasteiger partial charge on any atom is -0.465 e. The highest BCUT2D eigenvalue weighted by Crippen LogP contribution is 2.34. The third-order valence-corrected chi connectivity index (χ3v) is 3.69. The number of amides is 1. The Morgan fingerprint density at radius 3 is 2.65 bits per heavy atom. The summed E-state index contributed by atoms with van der Waals surface area (Å²) in [6.07, 6.45) is -0.958. The first-order valence-corrected chi connectivity index (χ1v) is 7.03. The van der Waals surface area contributed by atoms with Crippen LogP contribution >= 0.6 is 0 Å². The van der Waals surface area contributed by atoms with Gasteiger partial charge in [-0.15, -0.1) is 0 Å². The van der Waals surface area contributed by atoms with Gasteiger partial charge in [-0.25, -0.2) is 9.59 Å². The van der Waals surface area contributed by atoms with Gasteiger partial charge in [-0.3, -0.25) is 4.90 Å². The van der Waals surface area contributed by atoms with Crippen molar-refractivity contribution in [1.29, 1.82) is 0 Å². The number of hydrogen-bond donors (Lipinski definition) is 1. The van der Waals surface area contributed by atoms with Crippen molar-refractivity contribution < 1.29 is 24.2 Å². The van der Waals surface area contributed by atoms with Gasteiger partial charge in [0.25, 0.3) is 0 Å². The maximum absolute atomic E-state index is 11.6. The summed E-state index contributed by atoms with van der Waals surface area (Å²) in [5, 5.41) is 9.12. The maximum atomic E-state index is 11.6. The highest BCUT2D eigenvalue weighted by atomic mass is 16.5. The fraction of sp³-hybridized carbons (Fsp3) is 0.176. The predicted molar refractivity (Wildman–Crippen MR) is 81.6 cm³/mol. The van der Waals surface area contributed by atoms with Crippen molar-refractivity contribution in [1.82, 2.24) is 4.90 Å². The minimum atomic E-state index is -0.958. The summed E-state index contributed by atoms with van der Waals surface area (Å²) in [5.41, 5.74) is 2.16. The minimum absolute atomic E-state index is 0.289. The summed E-state index contributed by atoms with van der Waals surface area (Å²) in [5.74, 6) is 0.647. The van der Waals surface area contributed by atoms with E-state index < -0.39 is 12.1 Å². The number of rotatable bonds is 3. The topological polar surface area (TPSA) is 76.1 Å². The Balaban J connectivity index is 1.87. The van der Waals surface area contributed by atoms with Crippen LogP contribution < -0.4 is 4.74 Å². The third kappa shape index (κ3) is 2.96. The fourth-order valence-corrected chi connectivity index (χ4v) is 2.55. The lowest BCUT2D eigenvalue weighted by molar-refractivity contribution is 0.0600. The van der Waals surface area contributed by atoms with Crippen LogP contribution in [0.5, 0.6) is 11.5 Å². The number of fused-ring (bicyclic) bond motifs is 1. The second-order valence-electron chi connectivity index (χ2n) is 5.15. The number of carbonyl (C=O) groups excluding carboxylic acids is 1. The molecule has 0 aromatic heterocycles. The van der Waals surface area contributed by atoms with E-state index in [9.17, 15) is 9.59 Å². The van der Waals surface area contributed by atoms with Gasteiger partial charge in [-0.05, 0) is 29.8 Å². The molecular formula is C17H15NO5. The van der Waals surface area contributed by atoms with Crippen molar-refractivity contribution in [3.8, 4) is 11.5 Å². The molecule has 0 fully saturated rings. The average Bonchev–Trinajstić information content (AvgIpc) is 3.00. The van der Waals surface area contributed by atoms with Gasteiger partial charge < -0.3 is 14.6 Å². The number of carbonyl (C=O) groups is 2. The molecule has 3 rings (SSSR count). The van der Waals surface area contributed by atoms with Gasteiger partial charge in [0, 0.05) is 12.1 Å². The molecule has 1 N–H and O–H groups in total. The summed E-state index contributed by atoms with van der Waals surface area (Å²) in [7, 11) is 1.32. The molecule has 118 valence electrons. The Hall–Kier alpha value is -3.02. The van der Waals surface area contributed by atoms with Crippen LogP contribution in [0.15, 0.2) is 42.5 Å². The van der Waals surface area contributed by atoms with E-state index in [1.165, 1.54) is 12.0 Å². The van der Waals surface area contributed by atoms with Crippen LogP contribution in [0.3, 0.4) is 0 Å². The lowest BCUT2D eigenvalue weighted by atomic mass is 10.1. The van der Waals surface area contributed by atoms with Crippen LogP contribution in [-0.4, -0.2) is 29.2 Å². The van der Waals surface area contributed by atoms with Crippen LogP contribution in [0.4, 0.5) is 4.79 Å². The third-order valence-electron chi connectivity index (χ3n) is 3.69. The van der Waals surface area contributed by atoms with Gasteiger partial charge in [0.2, 0.25) is 0 Å². The Labute approximate surface area is 132 Å². The maximum Gasteiger partial charge on any atom is 0.407 e. The summed E-state index contributed by atoms with van der Waals surface area (Å²) < 4.78 is 10.5. The zero-order chi connectivity index (χ0) is 16.4. The van der Waals surface area contributed by atoms with E-state index in [-0.39, 0.29) is 6.54 Å². The average molecular weight is 313 g/mol. The van der Waals surface area contributed by atoms with Crippen LogP contribution in [0.25, 0.3) is 0 Å². The highest BCUT2D eigenvalue weighted by molar-refractivity contribution is 5.89. The number of benzene rings is 2. The summed E-state index contributed by atoms with van der Waals surface area (Å²) >= 11 is 0. The smallest absolute Gasteiger partial charge is 0.407 e. The summed E-state index contributed by atoms with van der Waals surface area (Å²) in [6.45, 7) is 0.640. The molecule has 0 radical (unpaired) electrons. The first-order valence-electron chi connectivity index (χ1n) is 7.03. The monoisotopic (exact) mass is 313 g/mol. The van der Waals surface area contributed by atoms with E-state index in [2.05, 4.69) is 4.74 Å². The van der Waals surface area contributed by atoms with Crippen molar-refractivity contribution in [3.05, 3.63) is 59.2 Å². The highest BCUT2D eigenvalue weighted by Gasteiger charge is 2.25. The van der Waals surface area contributed by atoms with E-state index in [0.29, 0.717) is 23.6 Å². The molecule has 6 nitrogen and oxygen atoms in total. The molecule has 1 aliphatic rings. The molecule has 2 aromatic carbocycles. The molecule has 23 heavy (non-hydrogen) atoms. The van der Waals surface area contributed by atoms with Gasteiger partial charge in [0.1, 0.15) is 11.5 Å². The number of ether oxygens (including phenoxy) is 2. The number of methoxy groups -OCH3 is 1. The Morgan fingerprint density at radius 1 is 1.13 bits per heavy atom. The molecule has 0 bridgehead atoms. The number of carboxylic acid groups (broad SMARTS) is 1. The van der Waals surface area contributed by atoms with Gasteiger partial charge >= 0.3 is 12.1 Å². The van der Waals surface area contributed by atoms with E-state index in [1.807, 2.05) is 12.1 Å². The number of hydrogen-bond acceptors (Lipinski definition) is 4. The van der Waals surface area contributed by atoms with Crippen LogP contribution in [0.2, 0.25) is 0 Å². The normalized spacial score (nSPS) is 12.7. The molecule has 0 aliphatic carbocycles. The largest absolute Gasteiger partial charge is 0.465 e. The molecule has 0 saturated heterocycles. The zero-order valence-corrected chi connectivity index (χ0v) is 12.5. The second-order valence-corrected chi connectivity index (χ2v) is 5.15. The molecule has 0 unspecified atom stereocenters. The van der Waals surface area contributed by atoms with Crippen molar-refractivity contribution in [2.45, 2.75) is 13.1 Å². The summed E-state index contributed by atoms with van der Waals surface area (Å²) in [6, 6.07) is 12.2. The van der Waals surface area contributed by atoms with Gasteiger partial charge in [-0.2, -0.15) is 0 Å². The van der Waals surface area contributed by atoms with E-state index in [4.69, 9.17) is 9.84 Å². The second kappa shape index (κ2) is 6.00. The molecule has 1 aliphatic heterocycles. The predicted octanol–water partition coefficient (Wildman–Crippen LogP) is 3.26. The van der Waals surface area contributed by atoms with Crippen molar-refractivity contribution >= 4 is 12.1 Å². The molecule has 6 heteroatoms. The van der Waals surface area contributed by atoms with E-state index >= 15 is 0 Å². The molecule has 1 heterocycles. The van der Waals surface area contributed by atoms with Crippen LogP contribution in [-0.2, 0) is 17.8 Å². The van der Waals surface area contributed by atoms with E-state index in [1.54, 1.807) is 30.3 Å². The van der Waals surface area contributed by atoms with Crippen LogP contribution in [0, 0.1) is 0 Å². The molecule has 1 amide bonds. The lowest BCUT2D eigenvalue weighted by Gasteiger charge is -2.11. The number of nitrogens with zero attached hydrogens (tertiary/aromatic N) is 1. The van der Waals surface area contributed by atoms with Gasteiger partial charge in [-0.1, -0.05) is 18.2 Å². The van der Waals surface area contributed by atoms with E-state index in [0.717, 1.165) is 11.1 Å². The SMILES string of the molecule is COC(=O)c1cccc(Oc2cccc3c2CN(C(=O)O)C3)c1. The standard InChI is InChI=1S/C17H15NO5/c1-22-16(19)11-4-2-6-13(8-11)23-15-7-3-5-12-9-18(17(20)21)10-14(12)15/h2-8H,9-10H2,1H3,(H,20,21). The van der Waals surface area contributed by atoms with Crippen LogP contribution in [0.1, 0.15) is 21.5 Å². The van der Waals surface area contributed by atoms with Crippen molar-refractivity contribution in [2.24, 2.45) is 0 Å². The van der Waals surface area contributed by atoms with Crippen molar-refractivity contribution in [2.75, 3.05) is 7.11 Å². The molecular weight excluding hydrogens is 298 g/mol. The zero-order valence-electron chi connectivity index (χ0n) is 12.5. The Bertz CT molecular complexity index is 771. The van der Waals surface area contributed by atoms with Gasteiger partial charge in [0.05, 0.1) is 19.2 Å². The molecule has 0 saturated carbocycles. The van der Waals surface area contributed by atoms with Gasteiger partial charge in [0.15, 0.2) is 0 Å². The number of esters is 1.